The molecule has 0 aliphatic rings. The molecular formula is C4H8ClO2P. The van der Waals surface area contributed by atoms with Crippen LogP contribution in [0.25, 0.3) is 0 Å². The van der Waals surface area contributed by atoms with Gasteiger partial charge in [-0.05, 0) is 13.8 Å². The molecule has 2 nitrogen and oxygen atoms in total. The van der Waals surface area contributed by atoms with Crippen LogP contribution in [0.3, 0.4) is 0 Å². The van der Waals surface area contributed by atoms with Crippen LogP contribution in [0.15, 0.2) is 0 Å². The van der Waals surface area contributed by atoms with Crippen molar-refractivity contribution in [1.82, 2.24) is 0 Å². The van der Waals surface area contributed by atoms with Crippen molar-refractivity contribution in [3.63, 3.8) is 0 Å². The third kappa shape index (κ3) is 2.08. The van der Waals surface area contributed by atoms with Crippen LogP contribution in [-0.4, -0.2) is 15.8 Å². The molecule has 48 valence electrons. The molecule has 0 aliphatic heterocycles. The molecule has 8 heavy (non-hydrogen) atoms. The molecule has 0 aromatic heterocycles. The van der Waals surface area contributed by atoms with Gasteiger partial charge in [-0.25, -0.2) is 0 Å². The van der Waals surface area contributed by atoms with Crippen LogP contribution in [0.1, 0.15) is 13.8 Å². The molecule has 0 amide bonds. The molecule has 0 heterocycles. The second-order valence-electron chi connectivity index (χ2n) is 1.80. The fraction of sp³-hybridized carbons (Fsp3) is 1.00. The first-order valence-electron chi connectivity index (χ1n) is 2.21. The van der Waals surface area contributed by atoms with E-state index in [9.17, 15) is 4.57 Å². The summed E-state index contributed by atoms with van der Waals surface area (Å²) in [5.41, 5.74) is 0. The van der Waals surface area contributed by atoms with Gasteiger partial charge in [0.2, 0.25) is 0 Å². The Morgan fingerprint density at radius 3 is 2.25 bits per heavy atom. The highest BCUT2D eigenvalue weighted by Crippen LogP contribution is 2.26. The van der Waals surface area contributed by atoms with E-state index in [2.05, 4.69) is 0 Å². The quantitative estimate of drug-likeness (QED) is 0.485. The van der Waals surface area contributed by atoms with Crippen LogP contribution in [0, 0.1) is 0 Å². The van der Waals surface area contributed by atoms with Gasteiger partial charge >= 0.3 is 0 Å². The zero-order valence-electron chi connectivity index (χ0n) is 4.76. The van der Waals surface area contributed by atoms with E-state index < -0.39 is 10.7 Å². The molecule has 0 bridgehead atoms. The van der Waals surface area contributed by atoms with Crippen molar-refractivity contribution in [2.45, 2.75) is 24.6 Å². The van der Waals surface area contributed by atoms with E-state index in [-0.39, 0.29) is 8.46 Å². The highest BCUT2D eigenvalue weighted by atomic mass is 35.5. The molecule has 1 N–H and O–H groups in total. The van der Waals surface area contributed by atoms with Crippen molar-refractivity contribution >= 4 is 20.1 Å². The molecule has 0 fully saturated rings. The van der Waals surface area contributed by atoms with E-state index in [4.69, 9.17) is 16.7 Å². The van der Waals surface area contributed by atoms with Crippen LogP contribution in [-0.2, 0) is 4.57 Å². The van der Waals surface area contributed by atoms with Crippen LogP contribution < -0.4 is 0 Å². The summed E-state index contributed by atoms with van der Waals surface area (Å²) in [6.45, 7) is 3.01. The molecule has 0 radical (unpaired) electrons. The molecule has 0 aliphatic carbocycles. The van der Waals surface area contributed by atoms with E-state index in [0.717, 1.165) is 0 Å². The summed E-state index contributed by atoms with van der Waals surface area (Å²) in [6.07, 6.45) is 0. The van der Waals surface area contributed by atoms with Crippen LogP contribution in [0.5, 0.6) is 0 Å². The summed E-state index contributed by atoms with van der Waals surface area (Å²) >= 11 is 5.41. The molecule has 0 saturated carbocycles. The maximum atomic E-state index is 10.0. The minimum atomic E-state index is -1.28. The lowest BCUT2D eigenvalue weighted by Crippen LogP contribution is -2.25. The first-order valence-corrected chi connectivity index (χ1v) is 3.46. The largest absolute Gasteiger partial charge is 0.376 e. The molecule has 0 spiro atoms. The van der Waals surface area contributed by atoms with E-state index in [1.165, 1.54) is 6.92 Å². The van der Waals surface area contributed by atoms with Gasteiger partial charge in [0, 0.05) is 0 Å². The average molecular weight is 155 g/mol. The lowest BCUT2D eigenvalue weighted by atomic mass is 10.3. The number of halogens is 1. The van der Waals surface area contributed by atoms with Gasteiger partial charge in [0.25, 0.3) is 0 Å². The second-order valence-corrected chi connectivity index (χ2v) is 3.54. The number of alkyl halides is 1. The third-order valence-corrected chi connectivity index (χ3v) is 2.27. The minimum Gasteiger partial charge on any atom is -0.376 e. The molecule has 0 saturated heterocycles. The Morgan fingerprint density at radius 1 is 1.88 bits per heavy atom. The molecule has 2 unspecified atom stereocenters. The highest BCUT2D eigenvalue weighted by Gasteiger charge is 2.26. The van der Waals surface area contributed by atoms with E-state index in [1.54, 1.807) is 6.92 Å². The van der Waals surface area contributed by atoms with Gasteiger partial charge in [-0.15, -0.1) is 11.6 Å². The summed E-state index contributed by atoms with van der Waals surface area (Å²) in [4.78, 5) is 0. The maximum absolute atomic E-state index is 10.0. The van der Waals surface area contributed by atoms with Crippen LogP contribution in [0.4, 0.5) is 0 Å². The smallest absolute Gasteiger partial charge is 0.191 e. The van der Waals surface area contributed by atoms with Crippen LogP contribution in [0.2, 0.25) is 0 Å². The standard InChI is InChI=1S/C4H8ClO2P/c1-3(5)4(2,6)8-7/h3,6H,1-2H3. The Morgan fingerprint density at radius 2 is 2.25 bits per heavy atom. The van der Waals surface area contributed by atoms with E-state index in [0.29, 0.717) is 0 Å². The minimum absolute atomic E-state index is 0.326. The van der Waals surface area contributed by atoms with Crippen molar-refractivity contribution in [3.05, 3.63) is 0 Å². The molecule has 0 rings (SSSR count). The lowest BCUT2D eigenvalue weighted by molar-refractivity contribution is 0.150. The fourth-order valence-electron chi connectivity index (χ4n) is 0.0726. The van der Waals surface area contributed by atoms with Crippen molar-refractivity contribution < 1.29 is 9.67 Å². The van der Waals surface area contributed by atoms with Crippen molar-refractivity contribution in [2.75, 3.05) is 0 Å². The zero-order valence-corrected chi connectivity index (χ0v) is 6.41. The average Bonchev–Trinajstić information content (AvgIpc) is 1.67. The molecular weight excluding hydrogens is 146 g/mol. The predicted molar refractivity (Wildman–Crippen MR) is 33.5 cm³/mol. The van der Waals surface area contributed by atoms with Gasteiger partial charge in [-0.3, -0.25) is 4.57 Å². The lowest BCUT2D eigenvalue weighted by Gasteiger charge is -2.15. The summed E-state index contributed by atoms with van der Waals surface area (Å²) in [5.74, 6) is 0. The maximum Gasteiger partial charge on any atom is 0.191 e. The van der Waals surface area contributed by atoms with Crippen LogP contribution >= 0.6 is 20.1 Å². The predicted octanol–water partition coefficient (Wildman–Crippen LogP) is 1.61. The van der Waals surface area contributed by atoms with Gasteiger partial charge in [0.1, 0.15) is 0 Å². The second kappa shape index (κ2) is 2.77. The topological polar surface area (TPSA) is 37.3 Å². The number of hydrogen-bond donors (Lipinski definition) is 1. The third-order valence-electron chi connectivity index (χ3n) is 0.938. The summed E-state index contributed by atoms with van der Waals surface area (Å²) in [7, 11) is -0.326. The summed E-state index contributed by atoms with van der Waals surface area (Å²) < 4.78 is 10.0. The van der Waals surface area contributed by atoms with Gasteiger partial charge in [0.15, 0.2) is 13.8 Å². The Bertz CT molecular complexity index is 92.0. The summed E-state index contributed by atoms with van der Waals surface area (Å²) in [5, 5.41) is 7.18. The highest BCUT2D eigenvalue weighted by molar-refractivity contribution is 7.25. The van der Waals surface area contributed by atoms with Gasteiger partial charge in [0.05, 0.1) is 5.38 Å². The van der Waals surface area contributed by atoms with Gasteiger partial charge in [-0.2, -0.15) is 0 Å². The molecule has 0 aromatic rings. The Hall–Kier alpha value is 0.350. The first-order chi connectivity index (χ1) is 3.50. The van der Waals surface area contributed by atoms with Gasteiger partial charge < -0.3 is 5.11 Å². The SMILES string of the molecule is CC(Cl)C(C)(O)P=O. The number of rotatable bonds is 2. The fourth-order valence-corrected chi connectivity index (χ4v) is 0.337. The van der Waals surface area contributed by atoms with E-state index in [1.807, 2.05) is 0 Å². The number of hydrogen-bond acceptors (Lipinski definition) is 2. The van der Waals surface area contributed by atoms with E-state index >= 15 is 0 Å². The normalized spacial score (nSPS) is 22.5. The zero-order chi connectivity index (χ0) is 6.78. The molecule has 4 heteroatoms. The van der Waals surface area contributed by atoms with Crippen molar-refractivity contribution in [2.24, 2.45) is 0 Å². The molecule has 0 aromatic carbocycles. The number of aliphatic hydroxyl groups is 1. The monoisotopic (exact) mass is 154 g/mol. The Labute approximate surface area is 55.1 Å². The summed E-state index contributed by atoms with van der Waals surface area (Å²) in [6, 6.07) is 0. The Kier molecular flexibility index (Phi) is 2.89. The molecule has 2 atom stereocenters. The first kappa shape index (κ1) is 8.35. The Balaban J connectivity index is 3.90. The van der Waals surface area contributed by atoms with Crippen molar-refractivity contribution in [3.8, 4) is 0 Å². The van der Waals surface area contributed by atoms with Gasteiger partial charge in [-0.1, -0.05) is 0 Å². The van der Waals surface area contributed by atoms with Crippen molar-refractivity contribution in [1.29, 1.82) is 0 Å².